The molecule has 4 aromatic carbocycles. The molecule has 0 aliphatic rings. The number of carbonyl (C=O) groups is 3. The van der Waals surface area contributed by atoms with Gasteiger partial charge < -0.3 is 16.0 Å². The summed E-state index contributed by atoms with van der Waals surface area (Å²) in [6.45, 7) is 3.80. The number of carbonyl (C=O) groups excluding carboxylic acids is 3. The molecule has 1 unspecified atom stereocenters. The summed E-state index contributed by atoms with van der Waals surface area (Å²) in [4.78, 5) is 39.8. The van der Waals surface area contributed by atoms with Crippen LogP contribution in [0.2, 0.25) is 0 Å². The third kappa shape index (κ3) is 8.43. The van der Waals surface area contributed by atoms with E-state index in [1.54, 1.807) is 42.5 Å². The molecule has 3 N–H and O–H groups in total. The fourth-order valence-corrected chi connectivity index (χ4v) is 4.93. The maximum atomic E-state index is 13.3. The molecule has 0 saturated carbocycles. The molecular formula is C32H28BrN3O3S. The van der Waals surface area contributed by atoms with Gasteiger partial charge in [-0.3, -0.25) is 14.4 Å². The second-order valence-corrected chi connectivity index (χ2v) is 11.4. The van der Waals surface area contributed by atoms with E-state index in [0.717, 1.165) is 26.2 Å². The van der Waals surface area contributed by atoms with Crippen molar-refractivity contribution in [3.8, 4) is 0 Å². The van der Waals surface area contributed by atoms with Crippen molar-refractivity contribution in [3.05, 3.63) is 130 Å². The highest BCUT2D eigenvalue weighted by atomic mass is 79.9. The first kappa shape index (κ1) is 28.9. The number of rotatable bonds is 9. The zero-order valence-corrected chi connectivity index (χ0v) is 24.4. The Morgan fingerprint density at radius 2 is 1.48 bits per heavy atom. The van der Waals surface area contributed by atoms with Gasteiger partial charge in [0.1, 0.15) is 5.70 Å². The molecule has 0 aliphatic heterocycles. The number of nitrogens with one attached hydrogen (secondary N) is 3. The Hall–Kier alpha value is -4.14. The first-order valence-electron chi connectivity index (χ1n) is 12.6. The lowest BCUT2D eigenvalue weighted by Gasteiger charge is -2.14. The Balaban J connectivity index is 1.47. The van der Waals surface area contributed by atoms with Crippen molar-refractivity contribution in [2.75, 3.05) is 10.6 Å². The van der Waals surface area contributed by atoms with Gasteiger partial charge in [0.15, 0.2) is 0 Å². The van der Waals surface area contributed by atoms with Gasteiger partial charge in [0.2, 0.25) is 5.91 Å². The first-order chi connectivity index (χ1) is 19.3. The number of hydrogen-bond acceptors (Lipinski definition) is 4. The minimum atomic E-state index is -0.473. The second-order valence-electron chi connectivity index (χ2n) is 9.03. The molecule has 0 saturated heterocycles. The third-order valence-corrected chi connectivity index (χ3v) is 7.39. The smallest absolute Gasteiger partial charge is 0.272 e. The summed E-state index contributed by atoms with van der Waals surface area (Å²) < 4.78 is 0.903. The molecule has 4 aromatic rings. The molecule has 0 aliphatic carbocycles. The summed E-state index contributed by atoms with van der Waals surface area (Å²) >= 11 is 4.80. The Kier molecular flexibility index (Phi) is 9.94. The van der Waals surface area contributed by atoms with E-state index in [1.807, 2.05) is 80.6 Å². The van der Waals surface area contributed by atoms with Crippen LogP contribution in [-0.2, 0) is 9.59 Å². The van der Waals surface area contributed by atoms with E-state index in [4.69, 9.17) is 0 Å². The fraction of sp³-hybridized carbons (Fsp3) is 0.0938. The average Bonchev–Trinajstić information content (AvgIpc) is 2.94. The van der Waals surface area contributed by atoms with Gasteiger partial charge in [0, 0.05) is 26.3 Å². The Labute approximate surface area is 246 Å². The van der Waals surface area contributed by atoms with Gasteiger partial charge in [0.05, 0.1) is 5.25 Å². The Morgan fingerprint density at radius 1 is 0.800 bits per heavy atom. The first-order valence-corrected chi connectivity index (χ1v) is 14.2. The fourth-order valence-electron chi connectivity index (χ4n) is 3.74. The Morgan fingerprint density at radius 3 is 2.17 bits per heavy atom. The molecule has 0 aromatic heterocycles. The van der Waals surface area contributed by atoms with Crippen LogP contribution in [0.15, 0.2) is 118 Å². The highest BCUT2D eigenvalue weighted by molar-refractivity contribution is 9.10. The molecule has 1 atom stereocenters. The van der Waals surface area contributed by atoms with Crippen LogP contribution in [0.5, 0.6) is 0 Å². The van der Waals surface area contributed by atoms with Crippen LogP contribution < -0.4 is 16.0 Å². The van der Waals surface area contributed by atoms with Gasteiger partial charge in [-0.1, -0.05) is 64.5 Å². The van der Waals surface area contributed by atoms with Crippen LogP contribution in [0, 0.1) is 6.92 Å². The van der Waals surface area contributed by atoms with E-state index in [2.05, 4.69) is 31.9 Å². The molecular weight excluding hydrogens is 586 g/mol. The second kappa shape index (κ2) is 13.8. The average molecular weight is 615 g/mol. The molecule has 0 spiro atoms. The maximum absolute atomic E-state index is 13.3. The van der Waals surface area contributed by atoms with Gasteiger partial charge in [-0.05, 0) is 85.6 Å². The standard InChI is InChI=1S/C32H28BrN3O3S/c1-21-8-6-11-26(18-21)34-30(37)22(2)40-28-13-7-12-27(20-28)35-32(39)29(19-23-14-16-25(33)17-15-23)36-31(38)24-9-4-3-5-10-24/h3-20,22H,1-2H3,(H,34,37)(H,35,39)(H,36,38)/b29-19-. The molecule has 0 radical (unpaired) electrons. The maximum Gasteiger partial charge on any atom is 0.272 e. The number of amides is 3. The topological polar surface area (TPSA) is 87.3 Å². The number of hydrogen-bond donors (Lipinski definition) is 3. The van der Waals surface area contributed by atoms with Crippen LogP contribution >= 0.6 is 27.7 Å². The summed E-state index contributed by atoms with van der Waals surface area (Å²) in [7, 11) is 0. The SMILES string of the molecule is Cc1cccc(NC(=O)C(C)Sc2cccc(NC(=O)/C(=C/c3ccc(Br)cc3)NC(=O)c3ccccc3)c2)c1. The number of halogens is 1. The molecule has 0 fully saturated rings. The number of aryl methyl sites for hydroxylation is 1. The van der Waals surface area contributed by atoms with Crippen LogP contribution in [0.25, 0.3) is 6.08 Å². The van der Waals surface area contributed by atoms with Gasteiger partial charge in [-0.2, -0.15) is 0 Å². The lowest BCUT2D eigenvalue weighted by atomic mass is 10.1. The number of benzene rings is 4. The van der Waals surface area contributed by atoms with Crippen molar-refractivity contribution in [3.63, 3.8) is 0 Å². The number of anilines is 2. The molecule has 202 valence electrons. The summed E-state index contributed by atoms with van der Waals surface area (Å²) in [6.07, 6.45) is 1.62. The monoisotopic (exact) mass is 613 g/mol. The molecule has 40 heavy (non-hydrogen) atoms. The quantitative estimate of drug-likeness (QED) is 0.137. The summed E-state index contributed by atoms with van der Waals surface area (Å²) in [5.41, 5.74) is 3.64. The van der Waals surface area contributed by atoms with E-state index >= 15 is 0 Å². The zero-order valence-electron chi connectivity index (χ0n) is 22.0. The van der Waals surface area contributed by atoms with Crippen molar-refractivity contribution >= 4 is 62.9 Å². The minimum absolute atomic E-state index is 0.0973. The molecule has 8 heteroatoms. The molecule has 3 amide bonds. The van der Waals surface area contributed by atoms with Crippen molar-refractivity contribution in [2.45, 2.75) is 24.0 Å². The van der Waals surface area contributed by atoms with E-state index in [1.165, 1.54) is 11.8 Å². The van der Waals surface area contributed by atoms with Crippen LogP contribution in [0.4, 0.5) is 11.4 Å². The highest BCUT2D eigenvalue weighted by Gasteiger charge is 2.17. The highest BCUT2D eigenvalue weighted by Crippen LogP contribution is 2.27. The zero-order chi connectivity index (χ0) is 28.5. The lowest BCUT2D eigenvalue weighted by molar-refractivity contribution is -0.115. The van der Waals surface area contributed by atoms with Crippen LogP contribution in [0.3, 0.4) is 0 Å². The third-order valence-electron chi connectivity index (χ3n) is 5.77. The van der Waals surface area contributed by atoms with Gasteiger partial charge in [-0.25, -0.2) is 0 Å². The summed E-state index contributed by atoms with van der Waals surface area (Å²) in [6, 6.07) is 31.0. The Bertz CT molecular complexity index is 1540. The van der Waals surface area contributed by atoms with Gasteiger partial charge >= 0.3 is 0 Å². The predicted molar refractivity (Wildman–Crippen MR) is 166 cm³/mol. The minimum Gasteiger partial charge on any atom is -0.325 e. The van der Waals surface area contributed by atoms with Crippen molar-refractivity contribution in [1.29, 1.82) is 0 Å². The predicted octanol–water partition coefficient (Wildman–Crippen LogP) is 7.29. The van der Waals surface area contributed by atoms with Crippen molar-refractivity contribution in [1.82, 2.24) is 5.32 Å². The van der Waals surface area contributed by atoms with E-state index in [9.17, 15) is 14.4 Å². The van der Waals surface area contributed by atoms with Gasteiger partial charge in [-0.15, -0.1) is 11.8 Å². The number of thioether (sulfide) groups is 1. The lowest BCUT2D eigenvalue weighted by Crippen LogP contribution is -2.30. The van der Waals surface area contributed by atoms with Crippen LogP contribution in [0.1, 0.15) is 28.4 Å². The molecule has 4 rings (SSSR count). The van der Waals surface area contributed by atoms with E-state index in [-0.39, 0.29) is 16.9 Å². The summed E-state index contributed by atoms with van der Waals surface area (Å²) in [5, 5.41) is 8.19. The molecule has 0 heterocycles. The largest absolute Gasteiger partial charge is 0.325 e. The summed E-state index contributed by atoms with van der Waals surface area (Å²) in [5.74, 6) is -0.982. The molecule has 0 bridgehead atoms. The normalized spacial score (nSPS) is 11.8. The van der Waals surface area contributed by atoms with Crippen molar-refractivity contribution < 1.29 is 14.4 Å². The van der Waals surface area contributed by atoms with Crippen LogP contribution in [-0.4, -0.2) is 23.0 Å². The van der Waals surface area contributed by atoms with Gasteiger partial charge in [0.25, 0.3) is 11.8 Å². The molecule has 6 nitrogen and oxygen atoms in total. The van der Waals surface area contributed by atoms with E-state index < -0.39 is 11.8 Å². The van der Waals surface area contributed by atoms with E-state index in [0.29, 0.717) is 11.3 Å². The van der Waals surface area contributed by atoms with Crippen molar-refractivity contribution in [2.24, 2.45) is 0 Å².